The summed E-state index contributed by atoms with van der Waals surface area (Å²) in [5.74, 6) is 0.546. The van der Waals surface area contributed by atoms with Crippen molar-refractivity contribution in [3.05, 3.63) is 12.7 Å². The van der Waals surface area contributed by atoms with Gasteiger partial charge in [-0.05, 0) is 40.0 Å². The van der Waals surface area contributed by atoms with Crippen molar-refractivity contribution in [2.24, 2.45) is 5.92 Å². The quantitative estimate of drug-likeness (QED) is 0.681. The second kappa shape index (κ2) is 6.69. The van der Waals surface area contributed by atoms with Gasteiger partial charge in [-0.25, -0.2) is 0 Å². The van der Waals surface area contributed by atoms with Crippen LogP contribution in [-0.4, -0.2) is 24.0 Å². The highest BCUT2D eigenvalue weighted by Gasteiger charge is 2.15. The van der Waals surface area contributed by atoms with Gasteiger partial charge in [-0.3, -0.25) is 4.79 Å². The van der Waals surface area contributed by atoms with Crippen LogP contribution in [0.25, 0.3) is 0 Å². The highest BCUT2D eigenvalue weighted by atomic mass is 16.2. The smallest absolute Gasteiger partial charge is 0.234 e. The number of amides is 1. The number of hydrogen-bond donors (Lipinski definition) is 2. The first-order valence-electron chi connectivity index (χ1n) is 5.91. The topological polar surface area (TPSA) is 41.1 Å². The van der Waals surface area contributed by atoms with Crippen LogP contribution in [-0.2, 0) is 4.79 Å². The van der Waals surface area contributed by atoms with Crippen LogP contribution in [0, 0.1) is 5.92 Å². The molecule has 0 saturated heterocycles. The third-order valence-corrected chi connectivity index (χ3v) is 2.49. The molecule has 0 aliphatic heterocycles. The Balaban J connectivity index is 3.87. The summed E-state index contributed by atoms with van der Waals surface area (Å²) >= 11 is 0. The summed E-state index contributed by atoms with van der Waals surface area (Å²) in [6.07, 6.45) is 2.88. The van der Waals surface area contributed by atoms with Crippen LogP contribution in [0.1, 0.15) is 41.0 Å². The van der Waals surface area contributed by atoms with Gasteiger partial charge in [-0.1, -0.05) is 13.0 Å². The highest BCUT2D eigenvalue weighted by Crippen LogP contribution is 2.07. The molecule has 3 nitrogen and oxygen atoms in total. The summed E-state index contributed by atoms with van der Waals surface area (Å²) < 4.78 is 0. The molecule has 3 heteroatoms. The lowest BCUT2D eigenvalue weighted by atomic mass is 10.00. The van der Waals surface area contributed by atoms with Crippen molar-refractivity contribution in [1.82, 2.24) is 10.6 Å². The number of hydrogen-bond acceptors (Lipinski definition) is 2. The molecular formula is C13H26N2O. The van der Waals surface area contributed by atoms with Crippen LogP contribution in [0.3, 0.4) is 0 Å². The van der Waals surface area contributed by atoms with E-state index in [1.165, 1.54) is 0 Å². The van der Waals surface area contributed by atoms with E-state index >= 15 is 0 Å². The van der Waals surface area contributed by atoms with Crippen molar-refractivity contribution < 1.29 is 4.79 Å². The normalized spacial score (nSPS) is 15.3. The first-order chi connectivity index (χ1) is 7.26. The molecule has 0 aliphatic rings. The van der Waals surface area contributed by atoms with Crippen molar-refractivity contribution in [3.63, 3.8) is 0 Å². The molecular weight excluding hydrogens is 200 g/mol. The van der Waals surface area contributed by atoms with Crippen molar-refractivity contribution in [3.8, 4) is 0 Å². The van der Waals surface area contributed by atoms with Crippen LogP contribution in [0.4, 0.5) is 0 Å². The lowest BCUT2D eigenvalue weighted by molar-refractivity contribution is -0.121. The molecule has 0 rings (SSSR count). The molecule has 94 valence electrons. The maximum Gasteiger partial charge on any atom is 0.234 e. The summed E-state index contributed by atoms with van der Waals surface area (Å²) in [7, 11) is 0. The molecule has 0 aromatic rings. The summed E-state index contributed by atoms with van der Waals surface area (Å²) in [6.45, 7) is 14.3. The fourth-order valence-electron chi connectivity index (χ4n) is 1.38. The number of carbonyl (C=O) groups is 1. The largest absolute Gasteiger partial charge is 0.350 e. The Bertz CT molecular complexity index is 231. The number of rotatable bonds is 6. The fraction of sp³-hybridized carbons (Fsp3) is 0.769. The van der Waals surface area contributed by atoms with E-state index in [2.05, 4.69) is 31.1 Å². The minimum Gasteiger partial charge on any atom is -0.350 e. The Hall–Kier alpha value is -0.830. The molecule has 0 radical (unpaired) electrons. The van der Waals surface area contributed by atoms with Gasteiger partial charge in [0.05, 0.1) is 6.54 Å². The standard InChI is InChI=1S/C13H26N2O/c1-7-8-10(2)11(3)14-9-12(16)15-13(4,5)6/h7,10-11,14H,1,8-9H2,2-6H3,(H,15,16). The third kappa shape index (κ3) is 7.46. The first kappa shape index (κ1) is 15.2. The Morgan fingerprint density at radius 1 is 1.38 bits per heavy atom. The van der Waals surface area contributed by atoms with Crippen molar-refractivity contribution >= 4 is 5.91 Å². The van der Waals surface area contributed by atoms with Gasteiger partial charge in [-0.15, -0.1) is 6.58 Å². The molecule has 0 aliphatic carbocycles. The molecule has 0 saturated carbocycles. The molecule has 0 bridgehead atoms. The SMILES string of the molecule is C=CCC(C)C(C)NCC(=O)NC(C)(C)C. The molecule has 2 atom stereocenters. The van der Waals surface area contributed by atoms with E-state index in [0.29, 0.717) is 18.5 Å². The average Bonchev–Trinajstić information content (AvgIpc) is 2.11. The summed E-state index contributed by atoms with van der Waals surface area (Å²) in [6, 6.07) is 0.323. The highest BCUT2D eigenvalue weighted by molar-refractivity contribution is 5.78. The van der Waals surface area contributed by atoms with E-state index in [1.54, 1.807) is 0 Å². The molecule has 1 amide bonds. The van der Waals surface area contributed by atoms with Gasteiger partial charge in [0.15, 0.2) is 0 Å². The molecule has 0 heterocycles. The Kier molecular flexibility index (Phi) is 6.34. The second-order valence-electron chi connectivity index (χ2n) is 5.47. The Morgan fingerprint density at radius 2 is 1.94 bits per heavy atom. The van der Waals surface area contributed by atoms with Crippen molar-refractivity contribution in [2.75, 3.05) is 6.54 Å². The maximum absolute atomic E-state index is 11.5. The van der Waals surface area contributed by atoms with E-state index in [0.717, 1.165) is 6.42 Å². The summed E-state index contributed by atoms with van der Waals surface area (Å²) in [4.78, 5) is 11.5. The summed E-state index contributed by atoms with van der Waals surface area (Å²) in [5.41, 5.74) is -0.158. The number of carbonyl (C=O) groups excluding carboxylic acids is 1. The molecule has 0 aromatic heterocycles. The predicted octanol–water partition coefficient (Wildman–Crippen LogP) is 2.09. The zero-order chi connectivity index (χ0) is 12.8. The van der Waals surface area contributed by atoms with Gasteiger partial charge in [0.2, 0.25) is 5.91 Å². The Labute approximate surface area is 99.7 Å². The van der Waals surface area contributed by atoms with E-state index in [1.807, 2.05) is 26.8 Å². The van der Waals surface area contributed by atoms with E-state index in [-0.39, 0.29) is 11.4 Å². The van der Waals surface area contributed by atoms with Crippen LogP contribution in [0.15, 0.2) is 12.7 Å². The van der Waals surface area contributed by atoms with Crippen LogP contribution < -0.4 is 10.6 Å². The molecule has 0 fully saturated rings. The van der Waals surface area contributed by atoms with Gasteiger partial charge in [0, 0.05) is 11.6 Å². The number of nitrogens with one attached hydrogen (secondary N) is 2. The molecule has 2 N–H and O–H groups in total. The van der Waals surface area contributed by atoms with Gasteiger partial charge in [-0.2, -0.15) is 0 Å². The molecule has 16 heavy (non-hydrogen) atoms. The fourth-order valence-corrected chi connectivity index (χ4v) is 1.38. The van der Waals surface area contributed by atoms with Crippen molar-refractivity contribution in [2.45, 2.75) is 52.6 Å². The van der Waals surface area contributed by atoms with Gasteiger partial charge in [0.25, 0.3) is 0 Å². The molecule has 2 unspecified atom stereocenters. The van der Waals surface area contributed by atoms with Gasteiger partial charge >= 0.3 is 0 Å². The zero-order valence-electron chi connectivity index (χ0n) is 11.3. The molecule has 0 aromatic carbocycles. The third-order valence-electron chi connectivity index (χ3n) is 2.49. The van der Waals surface area contributed by atoms with E-state index in [9.17, 15) is 4.79 Å². The van der Waals surface area contributed by atoms with E-state index < -0.39 is 0 Å². The van der Waals surface area contributed by atoms with Crippen LogP contribution in [0.2, 0.25) is 0 Å². The lowest BCUT2D eigenvalue weighted by Gasteiger charge is -2.23. The first-order valence-corrected chi connectivity index (χ1v) is 5.91. The average molecular weight is 226 g/mol. The van der Waals surface area contributed by atoms with Crippen LogP contribution >= 0.6 is 0 Å². The monoisotopic (exact) mass is 226 g/mol. The lowest BCUT2D eigenvalue weighted by Crippen LogP contribution is -2.47. The zero-order valence-corrected chi connectivity index (χ0v) is 11.3. The molecule has 0 spiro atoms. The van der Waals surface area contributed by atoms with Crippen LogP contribution in [0.5, 0.6) is 0 Å². The van der Waals surface area contributed by atoms with Crippen molar-refractivity contribution in [1.29, 1.82) is 0 Å². The second-order valence-corrected chi connectivity index (χ2v) is 5.47. The maximum atomic E-state index is 11.5. The van der Waals surface area contributed by atoms with E-state index in [4.69, 9.17) is 0 Å². The summed E-state index contributed by atoms with van der Waals surface area (Å²) in [5, 5.41) is 6.15. The Morgan fingerprint density at radius 3 is 2.38 bits per heavy atom. The van der Waals surface area contributed by atoms with Gasteiger partial charge < -0.3 is 10.6 Å². The predicted molar refractivity (Wildman–Crippen MR) is 69.3 cm³/mol. The number of allylic oxidation sites excluding steroid dienone is 1. The van der Waals surface area contributed by atoms with Gasteiger partial charge in [0.1, 0.15) is 0 Å². The minimum absolute atomic E-state index is 0.0464. The minimum atomic E-state index is -0.158.